The molecular weight excluding hydrogens is 388 g/mol. The van der Waals surface area contributed by atoms with Crippen LogP contribution in [0.2, 0.25) is 0 Å². The maximum Gasteiger partial charge on any atom is 0.277 e. The first-order valence-corrected chi connectivity index (χ1v) is 11.5. The Labute approximate surface area is 183 Å². The molecule has 0 unspecified atom stereocenters. The Morgan fingerprint density at radius 2 is 1.68 bits per heavy atom. The van der Waals surface area contributed by atoms with E-state index in [2.05, 4.69) is 53.0 Å². The van der Waals surface area contributed by atoms with Gasteiger partial charge in [0.05, 0.1) is 11.7 Å². The van der Waals surface area contributed by atoms with Crippen molar-refractivity contribution in [2.75, 3.05) is 38.1 Å². The minimum atomic E-state index is -0.0950. The summed E-state index contributed by atoms with van der Waals surface area (Å²) in [5, 5.41) is 4.74. The molecule has 2 aliphatic rings. The second-order valence-corrected chi connectivity index (χ2v) is 9.39. The van der Waals surface area contributed by atoms with Gasteiger partial charge in [0.25, 0.3) is 5.56 Å². The SMILES string of the molecule is Cc1nn([C@H]2CC[C@H](C)CC2)c2c(=O)[nH]c(-c3ccc(N4CCN(C)CC4)cc3)nc12. The Kier molecular flexibility index (Phi) is 5.30. The smallest absolute Gasteiger partial charge is 0.277 e. The molecule has 0 radical (unpaired) electrons. The van der Waals surface area contributed by atoms with Crippen molar-refractivity contribution in [3.8, 4) is 11.4 Å². The van der Waals surface area contributed by atoms with Crippen molar-refractivity contribution >= 4 is 16.7 Å². The van der Waals surface area contributed by atoms with Gasteiger partial charge in [0.2, 0.25) is 0 Å². The number of aromatic nitrogens is 4. The van der Waals surface area contributed by atoms with E-state index in [-0.39, 0.29) is 5.56 Å². The van der Waals surface area contributed by atoms with Crippen LogP contribution in [0.4, 0.5) is 5.69 Å². The molecule has 1 aliphatic carbocycles. The maximum absolute atomic E-state index is 13.1. The van der Waals surface area contributed by atoms with Gasteiger partial charge in [-0.05, 0) is 69.8 Å². The van der Waals surface area contributed by atoms with Gasteiger partial charge in [0.15, 0.2) is 5.52 Å². The van der Waals surface area contributed by atoms with E-state index < -0.39 is 0 Å². The molecule has 1 aliphatic heterocycles. The zero-order valence-electron chi connectivity index (χ0n) is 18.8. The topological polar surface area (TPSA) is 70.1 Å². The summed E-state index contributed by atoms with van der Waals surface area (Å²) >= 11 is 0. The number of piperazine rings is 1. The third-order valence-corrected chi connectivity index (χ3v) is 7.06. The van der Waals surface area contributed by atoms with Crippen LogP contribution in [-0.4, -0.2) is 57.9 Å². The predicted octanol–water partition coefficient (Wildman–Crippen LogP) is 3.60. The van der Waals surface area contributed by atoms with E-state index in [1.807, 2.05) is 11.6 Å². The van der Waals surface area contributed by atoms with Gasteiger partial charge in [-0.2, -0.15) is 5.10 Å². The number of benzene rings is 1. The van der Waals surface area contributed by atoms with Crippen molar-refractivity contribution in [1.29, 1.82) is 0 Å². The summed E-state index contributed by atoms with van der Waals surface area (Å²) in [6, 6.07) is 8.67. The molecule has 3 heterocycles. The van der Waals surface area contributed by atoms with E-state index in [1.54, 1.807) is 0 Å². The van der Waals surface area contributed by atoms with E-state index in [9.17, 15) is 4.79 Å². The molecule has 1 aromatic carbocycles. The van der Waals surface area contributed by atoms with Crippen LogP contribution >= 0.6 is 0 Å². The summed E-state index contributed by atoms with van der Waals surface area (Å²) in [6.07, 6.45) is 4.53. The number of nitrogens with zero attached hydrogens (tertiary/aromatic N) is 5. The minimum absolute atomic E-state index is 0.0950. The first kappa shape index (κ1) is 20.2. The standard InChI is InChI=1S/C24H32N6O/c1-16-4-8-20(9-5-16)30-22-21(17(2)27-30)25-23(26-24(22)31)18-6-10-19(11-7-18)29-14-12-28(3)13-15-29/h6-7,10-11,16,20H,4-5,8-9,12-15H2,1-3H3,(H,25,26,31)/t16-,20-. The van der Waals surface area contributed by atoms with Crippen LogP contribution in [0.1, 0.15) is 44.3 Å². The second-order valence-electron chi connectivity index (χ2n) is 9.39. The molecule has 1 N–H and O–H groups in total. The van der Waals surface area contributed by atoms with E-state index in [0.29, 0.717) is 17.4 Å². The Morgan fingerprint density at radius 1 is 1.00 bits per heavy atom. The third-order valence-electron chi connectivity index (χ3n) is 7.06. The Bertz CT molecular complexity index is 1120. The van der Waals surface area contributed by atoms with Gasteiger partial charge in [-0.15, -0.1) is 0 Å². The van der Waals surface area contributed by atoms with Crippen molar-refractivity contribution in [3.05, 3.63) is 40.3 Å². The lowest BCUT2D eigenvalue weighted by Gasteiger charge is -2.34. The van der Waals surface area contributed by atoms with Gasteiger partial charge in [0, 0.05) is 37.4 Å². The van der Waals surface area contributed by atoms with Crippen LogP contribution in [0.5, 0.6) is 0 Å². The Hall–Kier alpha value is -2.67. The van der Waals surface area contributed by atoms with Crippen LogP contribution < -0.4 is 10.5 Å². The molecule has 5 rings (SSSR count). The monoisotopic (exact) mass is 420 g/mol. The van der Waals surface area contributed by atoms with Gasteiger partial charge in [0.1, 0.15) is 11.3 Å². The predicted molar refractivity (Wildman–Crippen MR) is 125 cm³/mol. The fourth-order valence-corrected chi connectivity index (χ4v) is 4.97. The third kappa shape index (κ3) is 3.87. The van der Waals surface area contributed by atoms with E-state index in [4.69, 9.17) is 10.1 Å². The van der Waals surface area contributed by atoms with Gasteiger partial charge in [-0.1, -0.05) is 6.92 Å². The van der Waals surface area contributed by atoms with Crippen LogP contribution in [-0.2, 0) is 0 Å². The lowest BCUT2D eigenvalue weighted by atomic mass is 9.87. The molecule has 3 aromatic rings. The first-order valence-electron chi connectivity index (χ1n) is 11.5. The fourth-order valence-electron chi connectivity index (χ4n) is 4.97. The van der Waals surface area contributed by atoms with Gasteiger partial charge < -0.3 is 14.8 Å². The quantitative estimate of drug-likeness (QED) is 0.701. The number of rotatable bonds is 3. The number of anilines is 1. The molecule has 1 saturated heterocycles. The number of aryl methyl sites for hydroxylation is 1. The number of likely N-dealkylation sites (N-methyl/N-ethyl adjacent to an activating group) is 1. The van der Waals surface area contributed by atoms with Crippen LogP contribution in [0.3, 0.4) is 0 Å². The molecule has 164 valence electrons. The van der Waals surface area contributed by atoms with E-state index >= 15 is 0 Å². The second kappa shape index (κ2) is 8.11. The largest absolute Gasteiger partial charge is 0.369 e. The highest BCUT2D eigenvalue weighted by Crippen LogP contribution is 2.33. The molecule has 1 saturated carbocycles. The average molecular weight is 421 g/mol. The van der Waals surface area contributed by atoms with Crippen molar-refractivity contribution in [2.24, 2.45) is 5.92 Å². The van der Waals surface area contributed by atoms with Crippen molar-refractivity contribution in [2.45, 2.75) is 45.6 Å². The number of hydrogen-bond acceptors (Lipinski definition) is 5. The van der Waals surface area contributed by atoms with E-state index in [1.165, 1.54) is 18.5 Å². The summed E-state index contributed by atoms with van der Waals surface area (Å²) in [5.41, 5.74) is 4.22. The summed E-state index contributed by atoms with van der Waals surface area (Å²) in [4.78, 5) is 25.7. The van der Waals surface area contributed by atoms with Gasteiger partial charge in [-0.25, -0.2) is 4.98 Å². The fraction of sp³-hybridized carbons (Fsp3) is 0.542. The molecule has 0 amide bonds. The van der Waals surface area contributed by atoms with Crippen LogP contribution in [0, 0.1) is 12.8 Å². The molecule has 7 nitrogen and oxygen atoms in total. The van der Waals surface area contributed by atoms with E-state index in [0.717, 1.165) is 61.7 Å². The van der Waals surface area contributed by atoms with Crippen LogP contribution in [0.15, 0.2) is 29.1 Å². The summed E-state index contributed by atoms with van der Waals surface area (Å²) in [7, 11) is 2.16. The highest BCUT2D eigenvalue weighted by molar-refractivity contribution is 5.79. The summed E-state index contributed by atoms with van der Waals surface area (Å²) in [5.74, 6) is 1.37. The highest BCUT2D eigenvalue weighted by Gasteiger charge is 2.25. The summed E-state index contributed by atoms with van der Waals surface area (Å²) < 4.78 is 1.95. The first-order chi connectivity index (χ1) is 15.0. The van der Waals surface area contributed by atoms with Crippen molar-refractivity contribution in [1.82, 2.24) is 24.6 Å². The van der Waals surface area contributed by atoms with Gasteiger partial charge in [-0.3, -0.25) is 9.48 Å². The molecule has 2 fully saturated rings. The number of nitrogens with one attached hydrogen (secondary N) is 1. The molecule has 7 heteroatoms. The van der Waals surface area contributed by atoms with Gasteiger partial charge >= 0.3 is 0 Å². The summed E-state index contributed by atoms with van der Waals surface area (Å²) in [6.45, 7) is 8.49. The maximum atomic E-state index is 13.1. The lowest BCUT2D eigenvalue weighted by molar-refractivity contribution is 0.278. The number of aromatic amines is 1. The number of fused-ring (bicyclic) bond motifs is 1. The highest BCUT2D eigenvalue weighted by atomic mass is 16.1. The zero-order valence-corrected chi connectivity index (χ0v) is 18.8. The lowest BCUT2D eigenvalue weighted by Crippen LogP contribution is -2.44. The molecule has 0 spiro atoms. The molecule has 0 atom stereocenters. The minimum Gasteiger partial charge on any atom is -0.369 e. The average Bonchev–Trinajstić information content (AvgIpc) is 3.12. The Balaban J connectivity index is 1.45. The zero-order chi connectivity index (χ0) is 21.5. The number of H-pyrrole nitrogens is 1. The Morgan fingerprint density at radius 3 is 2.35 bits per heavy atom. The molecule has 0 bridgehead atoms. The molecule has 2 aromatic heterocycles. The van der Waals surface area contributed by atoms with Crippen molar-refractivity contribution in [3.63, 3.8) is 0 Å². The normalized spacial score (nSPS) is 22.9. The number of hydrogen-bond donors (Lipinski definition) is 1. The molecular formula is C24H32N6O. The van der Waals surface area contributed by atoms with Crippen molar-refractivity contribution < 1.29 is 0 Å². The molecule has 31 heavy (non-hydrogen) atoms. The van der Waals surface area contributed by atoms with Crippen LogP contribution in [0.25, 0.3) is 22.4 Å².